The molecule has 1 aromatic carbocycles. The number of alkyl halides is 1. The third kappa shape index (κ3) is 5.71. The lowest BCUT2D eigenvalue weighted by atomic mass is 9.96. The average molecular weight is 439 g/mol. The van der Waals surface area contributed by atoms with Crippen molar-refractivity contribution in [1.82, 2.24) is 0 Å². The van der Waals surface area contributed by atoms with Gasteiger partial charge in [0.15, 0.2) is 6.10 Å². The Balaban J connectivity index is 1.77. The normalized spacial score (nSPS) is 22.8. The molecule has 0 aliphatic carbocycles. The van der Waals surface area contributed by atoms with E-state index in [1.807, 2.05) is 34.6 Å². The van der Waals surface area contributed by atoms with E-state index in [9.17, 15) is 4.79 Å². The third-order valence-electron chi connectivity index (χ3n) is 4.97. The van der Waals surface area contributed by atoms with Gasteiger partial charge in [-0.2, -0.15) is 0 Å². The molecule has 4 nitrogen and oxygen atoms in total. The number of allylic oxidation sites excluding steroid dienone is 1. The van der Waals surface area contributed by atoms with E-state index in [0.717, 1.165) is 35.7 Å². The number of esters is 1. The van der Waals surface area contributed by atoms with Crippen LogP contribution in [0.1, 0.15) is 58.6 Å². The summed E-state index contributed by atoms with van der Waals surface area (Å²) in [7, 11) is 0. The minimum absolute atomic E-state index is 0.325. The highest BCUT2D eigenvalue weighted by molar-refractivity contribution is 8.05. The van der Waals surface area contributed by atoms with Crippen LogP contribution in [0.3, 0.4) is 0 Å². The van der Waals surface area contributed by atoms with Gasteiger partial charge in [0.2, 0.25) is 0 Å². The maximum absolute atomic E-state index is 12.6. The van der Waals surface area contributed by atoms with Gasteiger partial charge in [-0.3, -0.25) is 0 Å². The summed E-state index contributed by atoms with van der Waals surface area (Å²) in [6, 6.07) is 6.35. The lowest BCUT2D eigenvalue weighted by Gasteiger charge is -2.28. The first-order chi connectivity index (χ1) is 13.6. The summed E-state index contributed by atoms with van der Waals surface area (Å²) in [6.07, 6.45) is 2.66. The van der Waals surface area contributed by atoms with Crippen LogP contribution in [-0.2, 0) is 27.1 Å². The summed E-state index contributed by atoms with van der Waals surface area (Å²) < 4.78 is 16.6. The van der Waals surface area contributed by atoms with E-state index in [-0.39, 0.29) is 5.97 Å². The summed E-state index contributed by atoms with van der Waals surface area (Å²) in [5.41, 5.74) is 2.91. The number of hydrogen-bond acceptors (Lipinski definition) is 5. The lowest BCUT2D eigenvalue weighted by Crippen LogP contribution is -2.36. The molecule has 29 heavy (non-hydrogen) atoms. The molecule has 0 fully saturated rings. The Morgan fingerprint density at radius 2 is 2.14 bits per heavy atom. The second-order valence-electron chi connectivity index (χ2n) is 8.68. The van der Waals surface area contributed by atoms with Crippen molar-refractivity contribution in [3.05, 3.63) is 39.8 Å². The van der Waals surface area contributed by atoms with Gasteiger partial charge in [0.1, 0.15) is 9.96 Å². The molecule has 0 saturated carbocycles. The minimum atomic E-state index is -0.722. The van der Waals surface area contributed by atoms with E-state index in [1.54, 1.807) is 11.8 Å². The van der Waals surface area contributed by atoms with Gasteiger partial charge in [0, 0.05) is 12.8 Å². The first-order valence-electron chi connectivity index (χ1n) is 10.3. The zero-order valence-corrected chi connectivity index (χ0v) is 19.5. The molecule has 6 heteroatoms. The minimum Gasteiger partial charge on any atom is -0.493 e. The van der Waals surface area contributed by atoms with Crippen LogP contribution in [0.2, 0.25) is 0 Å². The molecule has 1 aromatic rings. The zero-order valence-electron chi connectivity index (χ0n) is 18.0. The number of halogens is 1. The Bertz CT molecular complexity index is 799. The molecule has 0 radical (unpaired) electrons. The Labute approximate surface area is 183 Å². The molecule has 2 aliphatic heterocycles. The number of fused-ring (bicyclic) bond motifs is 1. The Hall–Kier alpha value is -1.17. The van der Waals surface area contributed by atoms with Crippen molar-refractivity contribution in [1.29, 1.82) is 0 Å². The van der Waals surface area contributed by atoms with Gasteiger partial charge in [-0.25, -0.2) is 4.79 Å². The number of carbonyl (C=O) groups excluding carboxylic acids is 1. The quantitative estimate of drug-likeness (QED) is 0.424. The van der Waals surface area contributed by atoms with Crippen molar-refractivity contribution >= 4 is 29.3 Å². The molecule has 0 bridgehead atoms. The second-order valence-corrected chi connectivity index (χ2v) is 11.2. The van der Waals surface area contributed by atoms with Crippen molar-refractivity contribution in [2.45, 2.75) is 76.2 Å². The highest BCUT2D eigenvalue weighted by Gasteiger charge is 2.43. The van der Waals surface area contributed by atoms with Crippen LogP contribution in [0.25, 0.3) is 0 Å². The standard InChI is InChI=1S/C23H31ClO4S/c1-6-26-21(25)20(28-22(3,4)5)18-14-23(24,29-15(18)2)13-16-9-10-19-17(12-16)8-7-11-27-19/h9-10,12,20H,6-8,11,13-14H2,1-5H3. The second kappa shape index (κ2) is 8.91. The average Bonchev–Trinajstić information content (AvgIpc) is 2.93. The number of thioether (sulfide) groups is 1. The molecule has 2 unspecified atom stereocenters. The van der Waals surface area contributed by atoms with Crippen LogP contribution in [0.15, 0.2) is 28.7 Å². The van der Waals surface area contributed by atoms with Crippen LogP contribution in [0.5, 0.6) is 5.75 Å². The summed E-state index contributed by atoms with van der Waals surface area (Å²) in [5, 5.41) is 0. The molecule has 0 aromatic heterocycles. The van der Waals surface area contributed by atoms with Crippen LogP contribution < -0.4 is 4.74 Å². The zero-order chi connectivity index (χ0) is 21.2. The molecule has 0 amide bonds. The SMILES string of the molecule is CCOC(=O)C(OC(C)(C)C)C1=C(C)SC(Cl)(Cc2ccc3c(c2)CCCO3)C1. The van der Waals surface area contributed by atoms with Crippen LogP contribution in [0.4, 0.5) is 0 Å². The van der Waals surface area contributed by atoms with Crippen LogP contribution >= 0.6 is 23.4 Å². The molecular formula is C23H31ClO4S. The first-order valence-corrected chi connectivity index (χ1v) is 11.5. The maximum Gasteiger partial charge on any atom is 0.339 e. The number of rotatable bonds is 6. The van der Waals surface area contributed by atoms with Crippen LogP contribution in [-0.4, -0.2) is 35.1 Å². The van der Waals surface area contributed by atoms with Gasteiger partial charge >= 0.3 is 5.97 Å². The van der Waals surface area contributed by atoms with E-state index >= 15 is 0 Å². The fourth-order valence-electron chi connectivity index (χ4n) is 3.82. The van der Waals surface area contributed by atoms with E-state index in [0.29, 0.717) is 19.4 Å². The number of carbonyl (C=O) groups is 1. The van der Waals surface area contributed by atoms with Crippen molar-refractivity contribution in [2.24, 2.45) is 0 Å². The monoisotopic (exact) mass is 438 g/mol. The molecule has 2 atom stereocenters. The van der Waals surface area contributed by atoms with Crippen LogP contribution in [0, 0.1) is 0 Å². The Morgan fingerprint density at radius 1 is 1.38 bits per heavy atom. The fraction of sp³-hybridized carbons (Fsp3) is 0.609. The van der Waals surface area contributed by atoms with E-state index in [1.165, 1.54) is 11.1 Å². The Morgan fingerprint density at radius 3 is 2.83 bits per heavy atom. The number of hydrogen-bond donors (Lipinski definition) is 0. The van der Waals surface area contributed by atoms with Gasteiger partial charge in [-0.1, -0.05) is 12.1 Å². The van der Waals surface area contributed by atoms with Crippen molar-refractivity contribution in [2.75, 3.05) is 13.2 Å². The predicted octanol–water partition coefficient (Wildman–Crippen LogP) is 5.65. The first kappa shape index (κ1) is 22.5. The number of ether oxygens (including phenoxy) is 3. The van der Waals surface area contributed by atoms with Gasteiger partial charge in [0.25, 0.3) is 0 Å². The molecule has 0 N–H and O–H groups in total. The molecule has 2 aliphatic rings. The summed E-state index contributed by atoms with van der Waals surface area (Å²) in [4.78, 5) is 13.7. The fourth-order valence-corrected chi connectivity index (χ4v) is 5.79. The maximum atomic E-state index is 12.6. The molecule has 3 rings (SSSR count). The van der Waals surface area contributed by atoms with Gasteiger partial charge in [0.05, 0.1) is 18.8 Å². The van der Waals surface area contributed by atoms with E-state index in [4.69, 9.17) is 25.8 Å². The van der Waals surface area contributed by atoms with E-state index < -0.39 is 15.9 Å². The highest BCUT2D eigenvalue weighted by Crippen LogP contribution is 2.52. The highest BCUT2D eigenvalue weighted by atomic mass is 35.5. The number of aryl methyl sites for hydroxylation is 1. The molecule has 0 saturated heterocycles. The van der Waals surface area contributed by atoms with Crippen molar-refractivity contribution < 1.29 is 19.0 Å². The largest absolute Gasteiger partial charge is 0.493 e. The molecule has 2 heterocycles. The summed E-state index contributed by atoms with van der Waals surface area (Å²) in [5.74, 6) is 0.642. The van der Waals surface area contributed by atoms with Crippen molar-refractivity contribution in [3.63, 3.8) is 0 Å². The lowest BCUT2D eigenvalue weighted by molar-refractivity contribution is -0.162. The van der Waals surface area contributed by atoms with Gasteiger partial charge < -0.3 is 14.2 Å². The van der Waals surface area contributed by atoms with Gasteiger partial charge in [-0.15, -0.1) is 23.4 Å². The predicted molar refractivity (Wildman–Crippen MR) is 119 cm³/mol. The van der Waals surface area contributed by atoms with Gasteiger partial charge in [-0.05, 0) is 75.1 Å². The summed E-state index contributed by atoms with van der Waals surface area (Å²) >= 11 is 8.68. The Kier molecular flexibility index (Phi) is 6.91. The molecule has 160 valence electrons. The summed E-state index contributed by atoms with van der Waals surface area (Å²) in [6.45, 7) is 10.8. The third-order valence-corrected chi connectivity index (χ3v) is 6.69. The molecular weight excluding hydrogens is 408 g/mol. The topological polar surface area (TPSA) is 44.8 Å². The van der Waals surface area contributed by atoms with Crippen molar-refractivity contribution in [3.8, 4) is 5.75 Å². The molecule has 0 spiro atoms. The smallest absolute Gasteiger partial charge is 0.339 e. The van der Waals surface area contributed by atoms with E-state index in [2.05, 4.69) is 18.2 Å². The number of benzene rings is 1.